The number of pyridine rings is 1. The van der Waals surface area contributed by atoms with Crippen LogP contribution in [0.5, 0.6) is 0 Å². The number of anilines is 1. The van der Waals surface area contributed by atoms with Crippen molar-refractivity contribution >= 4 is 49.6 Å². The van der Waals surface area contributed by atoms with Crippen LogP contribution in [0.25, 0.3) is 21.0 Å². The van der Waals surface area contributed by atoms with E-state index in [9.17, 15) is 0 Å². The Labute approximate surface area is 198 Å². The minimum Gasteiger partial charge on any atom is -0.367 e. The van der Waals surface area contributed by atoms with Crippen LogP contribution in [0.4, 0.5) is 5.69 Å². The number of nitrogens with zero attached hydrogens (tertiary/aromatic N) is 3. The lowest BCUT2D eigenvalue weighted by Gasteiger charge is -2.42. The van der Waals surface area contributed by atoms with Crippen LogP contribution < -0.4 is 4.90 Å². The Balaban J connectivity index is 1.10. The number of hydrogen-bond acceptors (Lipinski definition) is 4. The molecule has 3 heterocycles. The zero-order valence-electron chi connectivity index (χ0n) is 18.2. The van der Waals surface area contributed by atoms with Crippen molar-refractivity contribution in [3.63, 3.8) is 0 Å². The van der Waals surface area contributed by atoms with Gasteiger partial charge in [0.15, 0.2) is 0 Å². The second-order valence-electron chi connectivity index (χ2n) is 9.22. The van der Waals surface area contributed by atoms with E-state index >= 15 is 0 Å². The van der Waals surface area contributed by atoms with E-state index in [1.165, 1.54) is 41.5 Å². The zero-order valence-corrected chi connectivity index (χ0v) is 19.8. The van der Waals surface area contributed by atoms with Crippen molar-refractivity contribution in [1.82, 2.24) is 9.88 Å². The lowest BCUT2D eigenvalue weighted by atomic mass is 9.81. The Bertz CT molecular complexity index is 1240. The SMILES string of the molecule is Clc1cc(N2CCN([C@H]3CC[C@@H](c4csc5ccccc54)CC3)CC2)c2ncccc2c1. The van der Waals surface area contributed by atoms with Crippen molar-refractivity contribution in [2.75, 3.05) is 31.1 Å². The van der Waals surface area contributed by atoms with Gasteiger partial charge in [-0.05, 0) is 72.2 Å². The van der Waals surface area contributed by atoms with Crippen LogP contribution in [-0.4, -0.2) is 42.1 Å². The molecule has 1 aliphatic carbocycles. The summed E-state index contributed by atoms with van der Waals surface area (Å²) in [4.78, 5) is 9.86. The summed E-state index contributed by atoms with van der Waals surface area (Å²) >= 11 is 8.33. The van der Waals surface area contributed by atoms with Crippen LogP contribution in [0.1, 0.15) is 37.2 Å². The predicted molar refractivity (Wildman–Crippen MR) is 137 cm³/mol. The second-order valence-corrected chi connectivity index (χ2v) is 10.6. The summed E-state index contributed by atoms with van der Waals surface area (Å²) in [5.74, 6) is 0.729. The van der Waals surface area contributed by atoms with Crippen molar-refractivity contribution in [3.05, 3.63) is 70.7 Å². The van der Waals surface area contributed by atoms with E-state index < -0.39 is 0 Å². The van der Waals surface area contributed by atoms with E-state index in [0.717, 1.165) is 54.1 Å². The van der Waals surface area contributed by atoms with Crippen molar-refractivity contribution in [1.29, 1.82) is 0 Å². The van der Waals surface area contributed by atoms with Gasteiger partial charge in [0.25, 0.3) is 0 Å². The molecule has 2 aromatic heterocycles. The van der Waals surface area contributed by atoms with E-state index in [1.807, 2.05) is 29.7 Å². The molecule has 2 aliphatic rings. The lowest BCUT2D eigenvalue weighted by molar-refractivity contribution is 0.141. The van der Waals surface area contributed by atoms with Crippen LogP contribution in [0.15, 0.2) is 60.1 Å². The third-order valence-electron chi connectivity index (χ3n) is 7.47. The molecule has 164 valence electrons. The predicted octanol–water partition coefficient (Wildman–Crippen LogP) is 6.95. The van der Waals surface area contributed by atoms with Crippen LogP contribution in [0.3, 0.4) is 0 Å². The van der Waals surface area contributed by atoms with Crippen molar-refractivity contribution in [2.45, 2.75) is 37.6 Å². The quantitative estimate of drug-likeness (QED) is 0.329. The van der Waals surface area contributed by atoms with Gasteiger partial charge in [-0.2, -0.15) is 0 Å². The third-order valence-corrected chi connectivity index (χ3v) is 8.67. The summed E-state index contributed by atoms with van der Waals surface area (Å²) in [7, 11) is 0. The van der Waals surface area contributed by atoms with Crippen molar-refractivity contribution in [2.24, 2.45) is 0 Å². The third kappa shape index (κ3) is 3.79. The first kappa shape index (κ1) is 20.5. The van der Waals surface area contributed by atoms with E-state index in [-0.39, 0.29) is 0 Å². The highest BCUT2D eigenvalue weighted by Crippen LogP contribution is 2.40. The van der Waals surface area contributed by atoms with Gasteiger partial charge in [-0.1, -0.05) is 35.9 Å². The standard InChI is InChI=1S/C27H28ClN3S/c28-21-16-20-4-3-11-29-27(20)25(17-21)31-14-12-30(13-15-31)22-9-7-19(8-10-22)24-18-32-26-6-2-1-5-23(24)26/h1-6,11,16-19,22H,7-10,12-15H2/t19-,22+. The zero-order chi connectivity index (χ0) is 21.5. The van der Waals surface area contributed by atoms with Gasteiger partial charge in [-0.25, -0.2) is 0 Å². The van der Waals surface area contributed by atoms with Crippen molar-refractivity contribution < 1.29 is 0 Å². The van der Waals surface area contributed by atoms with Gasteiger partial charge in [-0.3, -0.25) is 9.88 Å². The van der Waals surface area contributed by atoms with Gasteiger partial charge in [0.05, 0.1) is 11.2 Å². The Kier molecular flexibility index (Phi) is 5.54. The molecule has 3 nitrogen and oxygen atoms in total. The maximum Gasteiger partial charge on any atom is 0.0936 e. The number of benzene rings is 2. The highest BCUT2D eigenvalue weighted by Gasteiger charge is 2.30. The highest BCUT2D eigenvalue weighted by atomic mass is 35.5. The molecule has 0 atom stereocenters. The maximum absolute atomic E-state index is 6.42. The molecule has 5 heteroatoms. The summed E-state index contributed by atoms with van der Waals surface area (Å²) in [6.45, 7) is 4.33. The Hall–Kier alpha value is -2.14. The van der Waals surface area contributed by atoms with Crippen LogP contribution >= 0.6 is 22.9 Å². The van der Waals surface area contributed by atoms with Gasteiger partial charge in [-0.15, -0.1) is 11.3 Å². The lowest BCUT2D eigenvalue weighted by Crippen LogP contribution is -2.51. The van der Waals surface area contributed by atoms with Gasteiger partial charge in [0, 0.05) is 53.5 Å². The maximum atomic E-state index is 6.42. The molecule has 0 amide bonds. The number of piperazine rings is 1. The number of hydrogen-bond donors (Lipinski definition) is 0. The molecule has 0 radical (unpaired) electrons. The average molecular weight is 462 g/mol. The van der Waals surface area contributed by atoms with Crippen molar-refractivity contribution in [3.8, 4) is 0 Å². The normalized spacial score (nSPS) is 22.6. The van der Waals surface area contributed by atoms with E-state index in [2.05, 4.69) is 56.6 Å². The summed E-state index contributed by atoms with van der Waals surface area (Å²) < 4.78 is 1.43. The van der Waals surface area contributed by atoms with Gasteiger partial charge in [0.1, 0.15) is 0 Å². The van der Waals surface area contributed by atoms with E-state index in [4.69, 9.17) is 11.6 Å². The Morgan fingerprint density at radius 3 is 2.56 bits per heavy atom. The molecule has 0 spiro atoms. The number of thiophene rings is 1. The fourth-order valence-electron chi connectivity index (χ4n) is 5.77. The molecule has 2 fully saturated rings. The number of aromatic nitrogens is 1. The van der Waals surface area contributed by atoms with Crippen LogP contribution in [-0.2, 0) is 0 Å². The topological polar surface area (TPSA) is 19.4 Å². The molecule has 1 aliphatic heterocycles. The summed E-state index contributed by atoms with van der Waals surface area (Å²) in [6, 6.07) is 17.8. The first-order valence-electron chi connectivity index (χ1n) is 11.8. The summed E-state index contributed by atoms with van der Waals surface area (Å²) in [6.07, 6.45) is 7.14. The molecule has 0 N–H and O–H groups in total. The molecule has 2 aromatic carbocycles. The number of halogens is 1. The Morgan fingerprint density at radius 1 is 0.906 bits per heavy atom. The Morgan fingerprint density at radius 2 is 1.72 bits per heavy atom. The van der Waals surface area contributed by atoms with Gasteiger partial charge >= 0.3 is 0 Å². The molecule has 1 saturated carbocycles. The summed E-state index contributed by atoms with van der Waals surface area (Å²) in [5, 5.41) is 5.81. The largest absolute Gasteiger partial charge is 0.367 e. The fourth-order valence-corrected chi connectivity index (χ4v) is 7.04. The molecule has 4 aromatic rings. The molecule has 1 saturated heterocycles. The molecular weight excluding hydrogens is 434 g/mol. The first-order chi connectivity index (χ1) is 15.8. The van der Waals surface area contributed by atoms with Crippen LogP contribution in [0, 0.1) is 0 Å². The van der Waals surface area contributed by atoms with E-state index in [1.54, 1.807) is 5.56 Å². The minimum absolute atomic E-state index is 0.729. The highest BCUT2D eigenvalue weighted by molar-refractivity contribution is 7.17. The minimum atomic E-state index is 0.729. The monoisotopic (exact) mass is 461 g/mol. The molecule has 0 unspecified atom stereocenters. The van der Waals surface area contributed by atoms with Gasteiger partial charge in [0.2, 0.25) is 0 Å². The second kappa shape index (κ2) is 8.66. The van der Waals surface area contributed by atoms with Gasteiger partial charge < -0.3 is 4.90 Å². The smallest absolute Gasteiger partial charge is 0.0936 e. The molecule has 6 rings (SSSR count). The molecular formula is C27H28ClN3S. The molecule has 0 bridgehead atoms. The average Bonchev–Trinajstić information content (AvgIpc) is 3.28. The van der Waals surface area contributed by atoms with Crippen LogP contribution in [0.2, 0.25) is 5.02 Å². The number of fused-ring (bicyclic) bond motifs is 2. The van der Waals surface area contributed by atoms with E-state index in [0.29, 0.717) is 0 Å². The summed E-state index contributed by atoms with van der Waals surface area (Å²) in [5.41, 5.74) is 3.84. The molecule has 32 heavy (non-hydrogen) atoms. The number of rotatable bonds is 3. The fraction of sp³-hybridized carbons (Fsp3) is 0.370. The first-order valence-corrected chi connectivity index (χ1v) is 13.0.